The summed E-state index contributed by atoms with van der Waals surface area (Å²) in [6.07, 6.45) is 3.30. The number of para-hydroxylation sites is 3. The van der Waals surface area contributed by atoms with Crippen molar-refractivity contribution in [2.45, 2.75) is 0 Å². The monoisotopic (exact) mass is 520 g/mol. The second-order valence-electron chi connectivity index (χ2n) is 9.14. The fourth-order valence-electron chi connectivity index (χ4n) is 4.31. The maximum absolute atomic E-state index is 9.98. The van der Waals surface area contributed by atoms with Gasteiger partial charge in [-0.1, -0.05) is 54.6 Å². The highest BCUT2D eigenvalue weighted by Gasteiger charge is 2.11. The Morgan fingerprint density at radius 1 is 0.500 bits per heavy atom. The van der Waals surface area contributed by atoms with Gasteiger partial charge in [-0.25, -0.2) is 9.97 Å². The number of aliphatic imine (C=N–C) groups is 2. The molecule has 6 aromatic rings. The van der Waals surface area contributed by atoms with Gasteiger partial charge in [-0.2, -0.15) is 0 Å². The number of rotatable bonds is 6. The zero-order chi connectivity index (χ0) is 27.3. The summed E-state index contributed by atoms with van der Waals surface area (Å²) in [5, 5.41) is 20.9. The molecule has 0 unspecified atom stereocenters. The Labute approximate surface area is 231 Å². The van der Waals surface area contributed by atoms with Crippen LogP contribution in [0.5, 0.6) is 11.5 Å². The molecule has 6 heteroatoms. The number of phenols is 2. The van der Waals surface area contributed by atoms with Crippen molar-refractivity contribution in [3.63, 3.8) is 0 Å². The van der Waals surface area contributed by atoms with Gasteiger partial charge in [-0.3, -0.25) is 9.98 Å². The van der Waals surface area contributed by atoms with Crippen LogP contribution in [0.1, 0.15) is 11.1 Å². The largest absolute Gasteiger partial charge is 0.507 e. The third-order valence-corrected chi connectivity index (χ3v) is 6.45. The van der Waals surface area contributed by atoms with Gasteiger partial charge in [0.05, 0.1) is 22.6 Å². The van der Waals surface area contributed by atoms with Gasteiger partial charge in [0.2, 0.25) is 0 Å². The number of phenolic OH excluding ortho intramolecular Hbond substituents is 2. The molecule has 5 aromatic carbocycles. The molecule has 0 fully saturated rings. The van der Waals surface area contributed by atoms with Gasteiger partial charge in [0, 0.05) is 40.1 Å². The van der Waals surface area contributed by atoms with Crippen molar-refractivity contribution < 1.29 is 10.2 Å². The lowest BCUT2D eigenvalue weighted by molar-refractivity contribution is 0.474. The van der Waals surface area contributed by atoms with Gasteiger partial charge in [-0.05, 0) is 66.7 Å². The second kappa shape index (κ2) is 11.0. The van der Waals surface area contributed by atoms with Crippen molar-refractivity contribution in [1.29, 1.82) is 0 Å². The minimum atomic E-state index is 0.190. The highest BCUT2D eigenvalue weighted by atomic mass is 16.3. The Hall–Kier alpha value is -5.62. The molecule has 6 nitrogen and oxygen atoms in total. The number of hydrogen-bond donors (Lipinski definition) is 2. The number of fused-ring (bicyclic) bond motifs is 1. The third kappa shape index (κ3) is 5.33. The van der Waals surface area contributed by atoms with E-state index in [1.54, 1.807) is 36.7 Å². The number of benzene rings is 5. The van der Waals surface area contributed by atoms with Crippen LogP contribution in [-0.2, 0) is 0 Å². The zero-order valence-electron chi connectivity index (χ0n) is 21.4. The molecule has 0 spiro atoms. The van der Waals surface area contributed by atoms with Crippen molar-refractivity contribution in [3.05, 3.63) is 132 Å². The highest BCUT2D eigenvalue weighted by Crippen LogP contribution is 2.31. The molecule has 2 N–H and O–H groups in total. The smallest absolute Gasteiger partial charge is 0.160 e. The summed E-state index contributed by atoms with van der Waals surface area (Å²) >= 11 is 0. The van der Waals surface area contributed by atoms with Gasteiger partial charge in [0.1, 0.15) is 11.5 Å². The van der Waals surface area contributed by atoms with Gasteiger partial charge in [0.15, 0.2) is 5.82 Å². The molecular formula is C34H24N4O2. The molecule has 6 rings (SSSR count). The fraction of sp³-hybridized carbons (Fsp3) is 0. The molecule has 0 aliphatic rings. The standard InChI is InChI=1S/C34H24N4O2/c39-31-11-5-1-7-25(31)21-35-27-17-13-23(14-18-27)33-29-9-3-4-10-30(29)37-34(38-33)24-15-19-28(20-16-24)36-22-26-8-2-6-12-32(26)40/h1-22,39-40H. The number of hydrogen-bond acceptors (Lipinski definition) is 6. The summed E-state index contributed by atoms with van der Waals surface area (Å²) in [5.41, 5.74) is 6.35. The normalized spacial score (nSPS) is 11.5. The molecule has 192 valence electrons. The number of aromatic hydroxyl groups is 2. The molecule has 0 atom stereocenters. The van der Waals surface area contributed by atoms with Crippen LogP contribution < -0.4 is 0 Å². The number of aromatic nitrogens is 2. The molecule has 1 heterocycles. The van der Waals surface area contributed by atoms with Crippen LogP contribution in [0.3, 0.4) is 0 Å². The van der Waals surface area contributed by atoms with Gasteiger partial charge in [0.25, 0.3) is 0 Å². The Morgan fingerprint density at radius 3 is 1.57 bits per heavy atom. The minimum Gasteiger partial charge on any atom is -0.507 e. The Bertz CT molecular complexity index is 1860. The van der Waals surface area contributed by atoms with Crippen molar-refractivity contribution in [2.24, 2.45) is 9.98 Å². The van der Waals surface area contributed by atoms with Crippen molar-refractivity contribution in [2.75, 3.05) is 0 Å². The predicted octanol–water partition coefficient (Wildman–Crippen LogP) is 7.88. The van der Waals surface area contributed by atoms with E-state index in [9.17, 15) is 10.2 Å². The van der Waals surface area contributed by atoms with Crippen LogP contribution >= 0.6 is 0 Å². The average Bonchev–Trinajstić information content (AvgIpc) is 3.00. The molecule has 40 heavy (non-hydrogen) atoms. The molecule has 0 saturated heterocycles. The van der Waals surface area contributed by atoms with Gasteiger partial charge < -0.3 is 10.2 Å². The molecule has 0 radical (unpaired) electrons. The molecule has 0 amide bonds. The topological polar surface area (TPSA) is 91.0 Å². The van der Waals surface area contributed by atoms with Crippen molar-refractivity contribution in [3.8, 4) is 34.1 Å². The Balaban J connectivity index is 1.30. The van der Waals surface area contributed by atoms with E-state index in [0.29, 0.717) is 17.0 Å². The SMILES string of the molecule is Oc1ccccc1C=Nc1ccc(-c2nc(-c3ccc(N=Cc4ccccc4O)cc3)c3ccccc3n2)cc1. The van der Waals surface area contributed by atoms with E-state index in [4.69, 9.17) is 9.97 Å². The van der Waals surface area contributed by atoms with Crippen LogP contribution in [-0.4, -0.2) is 32.6 Å². The third-order valence-electron chi connectivity index (χ3n) is 6.45. The summed E-state index contributed by atoms with van der Waals surface area (Å²) in [5.74, 6) is 1.00. The average molecular weight is 521 g/mol. The lowest BCUT2D eigenvalue weighted by atomic mass is 10.1. The maximum atomic E-state index is 9.98. The Morgan fingerprint density at radius 2 is 1.00 bits per heavy atom. The molecule has 0 bridgehead atoms. The van der Waals surface area contributed by atoms with Crippen LogP contribution in [0.2, 0.25) is 0 Å². The van der Waals surface area contributed by atoms with E-state index in [1.807, 2.05) is 97.1 Å². The van der Waals surface area contributed by atoms with Gasteiger partial charge in [-0.15, -0.1) is 0 Å². The maximum Gasteiger partial charge on any atom is 0.160 e. The first-order chi connectivity index (χ1) is 19.6. The lowest BCUT2D eigenvalue weighted by Gasteiger charge is -2.10. The molecule has 0 saturated carbocycles. The van der Waals surface area contributed by atoms with Crippen LogP contribution in [0.15, 0.2) is 131 Å². The van der Waals surface area contributed by atoms with Crippen molar-refractivity contribution >= 4 is 34.7 Å². The molecule has 1 aromatic heterocycles. The van der Waals surface area contributed by atoms with Crippen LogP contribution in [0.4, 0.5) is 11.4 Å². The molecular weight excluding hydrogens is 496 g/mol. The first-order valence-corrected chi connectivity index (χ1v) is 12.8. The van der Waals surface area contributed by atoms with E-state index in [-0.39, 0.29) is 11.5 Å². The zero-order valence-corrected chi connectivity index (χ0v) is 21.4. The fourth-order valence-corrected chi connectivity index (χ4v) is 4.31. The van der Waals surface area contributed by atoms with Gasteiger partial charge >= 0.3 is 0 Å². The van der Waals surface area contributed by atoms with E-state index < -0.39 is 0 Å². The van der Waals surface area contributed by atoms with Crippen molar-refractivity contribution in [1.82, 2.24) is 9.97 Å². The molecule has 0 aliphatic heterocycles. The molecule has 0 aliphatic carbocycles. The lowest BCUT2D eigenvalue weighted by Crippen LogP contribution is -1.95. The summed E-state index contributed by atoms with van der Waals surface area (Å²) in [7, 11) is 0. The summed E-state index contributed by atoms with van der Waals surface area (Å²) in [4.78, 5) is 18.8. The first-order valence-electron chi connectivity index (χ1n) is 12.8. The Kier molecular flexibility index (Phi) is 6.80. The number of nitrogens with zero attached hydrogens (tertiary/aromatic N) is 4. The summed E-state index contributed by atoms with van der Waals surface area (Å²) in [6, 6.07) is 37.7. The van der Waals surface area contributed by atoms with E-state index in [1.165, 1.54) is 0 Å². The van der Waals surface area contributed by atoms with Crippen LogP contribution in [0, 0.1) is 0 Å². The van der Waals surface area contributed by atoms with Crippen LogP contribution in [0.25, 0.3) is 33.5 Å². The van der Waals surface area contributed by atoms with E-state index >= 15 is 0 Å². The minimum absolute atomic E-state index is 0.190. The van der Waals surface area contributed by atoms with E-state index in [2.05, 4.69) is 9.98 Å². The summed E-state index contributed by atoms with van der Waals surface area (Å²) in [6.45, 7) is 0. The summed E-state index contributed by atoms with van der Waals surface area (Å²) < 4.78 is 0. The van der Waals surface area contributed by atoms with E-state index in [0.717, 1.165) is 39.1 Å². The first kappa shape index (κ1) is 24.7. The quantitative estimate of drug-likeness (QED) is 0.219. The highest BCUT2D eigenvalue weighted by molar-refractivity contribution is 5.94. The predicted molar refractivity (Wildman–Crippen MR) is 161 cm³/mol. The second-order valence-corrected chi connectivity index (χ2v) is 9.14.